The fourth-order valence-electron chi connectivity index (χ4n) is 4.30. The van der Waals surface area contributed by atoms with Crippen molar-refractivity contribution in [3.05, 3.63) is 71.8 Å². The van der Waals surface area contributed by atoms with Gasteiger partial charge in [-0.25, -0.2) is 9.59 Å². The predicted molar refractivity (Wildman–Crippen MR) is 135 cm³/mol. The van der Waals surface area contributed by atoms with Gasteiger partial charge in [0.25, 0.3) is 0 Å². The number of rotatable bonds is 8. The fourth-order valence-corrected chi connectivity index (χ4v) is 5.71. The molecule has 1 aliphatic heterocycles. The van der Waals surface area contributed by atoms with Crippen molar-refractivity contribution in [1.29, 1.82) is 0 Å². The van der Waals surface area contributed by atoms with Crippen LogP contribution < -0.4 is 5.32 Å². The zero-order valence-corrected chi connectivity index (χ0v) is 22.1. The maximum atomic E-state index is 13.4. The molecule has 1 N–H and O–H groups in total. The highest BCUT2D eigenvalue weighted by Gasteiger charge is 2.54. The molecule has 34 heavy (non-hydrogen) atoms. The van der Waals surface area contributed by atoms with Crippen LogP contribution in [-0.2, 0) is 31.5 Å². The quantitative estimate of drug-likeness (QED) is 0.409. The summed E-state index contributed by atoms with van der Waals surface area (Å²) < 4.78 is 18.0. The molecular formula is C27H37NO5Si. The molecule has 1 saturated heterocycles. The van der Waals surface area contributed by atoms with Gasteiger partial charge in [0.15, 0.2) is 13.9 Å². The van der Waals surface area contributed by atoms with Crippen molar-refractivity contribution in [2.75, 3.05) is 0 Å². The zero-order valence-electron chi connectivity index (χ0n) is 21.1. The van der Waals surface area contributed by atoms with Gasteiger partial charge in [-0.05, 0) is 58.0 Å². The van der Waals surface area contributed by atoms with Crippen LogP contribution in [-0.4, -0.2) is 43.7 Å². The molecule has 0 saturated carbocycles. The second kappa shape index (κ2) is 10.3. The Labute approximate surface area is 204 Å². The third kappa shape index (κ3) is 7.43. The Morgan fingerprint density at radius 2 is 1.62 bits per heavy atom. The third-order valence-corrected chi connectivity index (χ3v) is 6.45. The van der Waals surface area contributed by atoms with E-state index in [4.69, 9.17) is 13.9 Å². The van der Waals surface area contributed by atoms with Crippen LogP contribution in [0, 0.1) is 0 Å². The average Bonchev–Trinajstić information content (AvgIpc) is 3.01. The molecule has 6 nitrogen and oxygen atoms in total. The topological polar surface area (TPSA) is 73.9 Å². The summed E-state index contributed by atoms with van der Waals surface area (Å²) in [5, 5.41) is 2.97. The van der Waals surface area contributed by atoms with Crippen molar-refractivity contribution in [3.8, 4) is 0 Å². The standard InChI is InChI=1S/C27H37NO5Si/c1-26(2,3)32-25(30)28-22(17-20-13-9-7-10-14-20)23-19-27(24(29)31-23,33-34(4,5)6)18-21-15-11-8-12-16-21/h7-16,22-23H,17-19H2,1-6H3,(H,28,30)/t22-,23-,27-/m0/s1. The molecule has 1 heterocycles. The number of amides is 1. The lowest BCUT2D eigenvalue weighted by atomic mass is 9.88. The maximum Gasteiger partial charge on any atom is 0.408 e. The van der Waals surface area contributed by atoms with Crippen LogP contribution in [0.1, 0.15) is 38.3 Å². The smallest absolute Gasteiger partial charge is 0.408 e. The first-order chi connectivity index (χ1) is 15.9. The average molecular weight is 484 g/mol. The maximum absolute atomic E-state index is 13.4. The molecule has 2 aromatic rings. The number of benzene rings is 2. The van der Waals surface area contributed by atoms with Gasteiger partial charge in [0, 0.05) is 12.8 Å². The Morgan fingerprint density at radius 3 is 2.15 bits per heavy atom. The van der Waals surface area contributed by atoms with E-state index in [9.17, 15) is 9.59 Å². The van der Waals surface area contributed by atoms with E-state index in [1.165, 1.54) is 0 Å². The van der Waals surface area contributed by atoms with Gasteiger partial charge in [-0.1, -0.05) is 60.7 Å². The van der Waals surface area contributed by atoms with Crippen molar-refractivity contribution in [3.63, 3.8) is 0 Å². The van der Waals surface area contributed by atoms with E-state index < -0.39 is 37.8 Å². The second-order valence-electron chi connectivity index (χ2n) is 11.0. The first-order valence-electron chi connectivity index (χ1n) is 11.8. The lowest BCUT2D eigenvalue weighted by molar-refractivity contribution is -0.154. The molecular weight excluding hydrogens is 446 g/mol. The van der Waals surface area contributed by atoms with Crippen LogP contribution in [0.15, 0.2) is 60.7 Å². The van der Waals surface area contributed by atoms with E-state index in [1.807, 2.05) is 81.4 Å². The van der Waals surface area contributed by atoms with Gasteiger partial charge in [-0.15, -0.1) is 0 Å². The molecule has 0 spiro atoms. The second-order valence-corrected chi connectivity index (χ2v) is 15.4. The third-order valence-electron chi connectivity index (χ3n) is 5.44. The summed E-state index contributed by atoms with van der Waals surface area (Å²) in [4.78, 5) is 26.1. The molecule has 3 atom stereocenters. The first kappa shape index (κ1) is 26.0. The molecule has 7 heteroatoms. The Morgan fingerprint density at radius 1 is 1.06 bits per heavy atom. The molecule has 184 valence electrons. The van der Waals surface area contributed by atoms with Crippen LogP contribution in [0.4, 0.5) is 4.79 Å². The van der Waals surface area contributed by atoms with Gasteiger partial charge in [-0.3, -0.25) is 0 Å². The van der Waals surface area contributed by atoms with E-state index in [0.717, 1.165) is 11.1 Å². The Bertz CT molecular complexity index is 968. The minimum atomic E-state index is -2.11. The number of hydrogen-bond donors (Lipinski definition) is 1. The molecule has 0 unspecified atom stereocenters. The van der Waals surface area contributed by atoms with E-state index in [2.05, 4.69) is 25.0 Å². The monoisotopic (exact) mass is 483 g/mol. The molecule has 1 amide bonds. The van der Waals surface area contributed by atoms with Gasteiger partial charge >= 0.3 is 12.1 Å². The number of esters is 1. The number of hydrogen-bond acceptors (Lipinski definition) is 5. The lowest BCUT2D eigenvalue weighted by Gasteiger charge is -2.33. The number of carbonyl (C=O) groups is 2. The number of cyclic esters (lactones) is 1. The summed E-state index contributed by atoms with van der Waals surface area (Å²) in [6.45, 7) is 11.7. The molecule has 0 bridgehead atoms. The molecule has 0 aromatic heterocycles. The summed E-state index contributed by atoms with van der Waals surface area (Å²) in [6.07, 6.45) is 0.222. The minimum Gasteiger partial charge on any atom is -0.458 e. The summed E-state index contributed by atoms with van der Waals surface area (Å²) in [5.41, 5.74) is 0.330. The fraction of sp³-hybridized carbons (Fsp3) is 0.481. The summed E-state index contributed by atoms with van der Waals surface area (Å²) in [5.74, 6) is -0.368. The normalized spacial score (nSPS) is 21.6. The Kier molecular flexibility index (Phi) is 7.88. The van der Waals surface area contributed by atoms with Crippen LogP contribution in [0.5, 0.6) is 0 Å². The molecule has 0 radical (unpaired) electrons. The number of alkyl carbamates (subject to hydrolysis) is 1. The van der Waals surface area contributed by atoms with Crippen molar-refractivity contribution in [2.24, 2.45) is 0 Å². The molecule has 2 aromatic carbocycles. The van der Waals surface area contributed by atoms with Crippen molar-refractivity contribution in [1.82, 2.24) is 5.32 Å². The van der Waals surface area contributed by atoms with Crippen LogP contribution >= 0.6 is 0 Å². The van der Waals surface area contributed by atoms with Gasteiger partial charge in [-0.2, -0.15) is 0 Å². The van der Waals surface area contributed by atoms with Crippen molar-refractivity contribution >= 4 is 20.4 Å². The van der Waals surface area contributed by atoms with Gasteiger partial charge in [0.1, 0.15) is 11.7 Å². The number of carbonyl (C=O) groups excluding carboxylic acids is 2. The highest BCUT2D eigenvalue weighted by atomic mass is 28.4. The van der Waals surface area contributed by atoms with E-state index in [0.29, 0.717) is 19.3 Å². The number of nitrogens with one attached hydrogen (secondary N) is 1. The van der Waals surface area contributed by atoms with Gasteiger partial charge in [0.2, 0.25) is 0 Å². The van der Waals surface area contributed by atoms with E-state index in [1.54, 1.807) is 0 Å². The highest BCUT2D eigenvalue weighted by molar-refractivity contribution is 6.70. The molecule has 3 rings (SSSR count). The number of ether oxygens (including phenoxy) is 2. The Hall–Kier alpha value is -2.64. The lowest BCUT2D eigenvalue weighted by Crippen LogP contribution is -2.49. The molecule has 0 aliphatic carbocycles. The Balaban J connectivity index is 1.89. The largest absolute Gasteiger partial charge is 0.458 e. The van der Waals surface area contributed by atoms with Crippen molar-refractivity contribution in [2.45, 2.75) is 83.0 Å². The summed E-state index contributed by atoms with van der Waals surface area (Å²) in [6, 6.07) is 19.2. The van der Waals surface area contributed by atoms with Crippen molar-refractivity contribution < 1.29 is 23.5 Å². The van der Waals surface area contributed by atoms with Crippen LogP contribution in [0.2, 0.25) is 19.6 Å². The van der Waals surface area contributed by atoms with Gasteiger partial charge in [0.05, 0.1) is 6.04 Å². The molecule has 1 fully saturated rings. The first-order valence-corrected chi connectivity index (χ1v) is 15.2. The van der Waals surface area contributed by atoms with Gasteiger partial charge < -0.3 is 19.2 Å². The van der Waals surface area contributed by atoms with Crippen LogP contribution in [0.25, 0.3) is 0 Å². The minimum absolute atomic E-state index is 0.359. The predicted octanol–water partition coefficient (Wildman–Crippen LogP) is 5.27. The summed E-state index contributed by atoms with van der Waals surface area (Å²) in [7, 11) is -2.11. The SMILES string of the molecule is CC(C)(C)OC(=O)N[C@@H](Cc1ccccc1)[C@@H]1C[C@](Cc2ccccc2)(O[Si](C)(C)C)C(=O)O1. The zero-order chi connectivity index (χ0) is 25.0. The van der Waals surface area contributed by atoms with E-state index >= 15 is 0 Å². The summed E-state index contributed by atoms with van der Waals surface area (Å²) >= 11 is 0. The van der Waals surface area contributed by atoms with E-state index in [-0.39, 0.29) is 5.97 Å². The highest BCUT2D eigenvalue weighted by Crippen LogP contribution is 2.37. The molecule has 1 aliphatic rings. The van der Waals surface area contributed by atoms with Crippen LogP contribution in [0.3, 0.4) is 0 Å².